The van der Waals surface area contributed by atoms with E-state index < -0.39 is 89.2 Å². The molecule has 2 aliphatic heterocycles. The molecule has 6 aromatic carbocycles. The number of rotatable bonds is 39. The van der Waals surface area contributed by atoms with Crippen LogP contribution in [0, 0.1) is 0 Å². The zero-order valence-electron chi connectivity index (χ0n) is 67.0. The average Bonchev–Trinajstić information content (AvgIpc) is 0.982. The van der Waals surface area contributed by atoms with Crippen LogP contribution in [0.3, 0.4) is 0 Å². The highest BCUT2D eigenvalue weighted by molar-refractivity contribution is 7.98. The molecular formula is C84H99N13O17P2S. The Hall–Kier alpha value is -9.85. The number of carbonyl (C=O) groups excluding carboxylic acids is 4. The minimum Gasteiger partial charge on any atom is -0.497 e. The van der Waals surface area contributed by atoms with E-state index in [1.54, 1.807) is 72.8 Å². The van der Waals surface area contributed by atoms with Crippen molar-refractivity contribution in [3.8, 4) is 22.6 Å². The number of hydrogen-bond acceptors (Lipinski definition) is 24. The number of fused-ring (bicyclic) bond motifs is 5. The van der Waals surface area contributed by atoms with Crippen molar-refractivity contribution in [1.29, 1.82) is 0 Å². The van der Waals surface area contributed by atoms with E-state index in [0.717, 1.165) is 45.4 Å². The Bertz CT molecular complexity index is 4950. The fourth-order valence-corrected chi connectivity index (χ4v) is 17.9. The van der Waals surface area contributed by atoms with Gasteiger partial charge in [0.1, 0.15) is 61.3 Å². The summed E-state index contributed by atoms with van der Waals surface area (Å²) >= 11 is 1.56. The Morgan fingerprint density at radius 2 is 1.23 bits per heavy atom. The summed E-state index contributed by atoms with van der Waals surface area (Å²) in [5.41, 5.74) is 6.35. The molecule has 13 rings (SSSR count). The quantitative estimate of drug-likeness (QED) is 0.0158. The second kappa shape index (κ2) is 40.1. The van der Waals surface area contributed by atoms with Crippen LogP contribution in [0.1, 0.15) is 137 Å². The maximum atomic E-state index is 14.1. The maximum Gasteiger partial charge on any atom is 0.411 e. The van der Waals surface area contributed by atoms with Gasteiger partial charge in [-0.2, -0.15) is 16.7 Å². The first-order valence-corrected chi connectivity index (χ1v) is 42.7. The molecule has 117 heavy (non-hydrogen) atoms. The summed E-state index contributed by atoms with van der Waals surface area (Å²) in [6.07, 6.45) is 2.23. The first-order chi connectivity index (χ1) is 56.9. The molecule has 3 aliphatic rings. The predicted molar refractivity (Wildman–Crippen MR) is 446 cm³/mol. The van der Waals surface area contributed by atoms with Gasteiger partial charge in [-0.15, -0.1) is 0 Å². The van der Waals surface area contributed by atoms with Gasteiger partial charge in [0.25, 0.3) is 20.0 Å². The first-order valence-electron chi connectivity index (χ1n) is 39.1. The summed E-state index contributed by atoms with van der Waals surface area (Å²) in [5, 5.41) is 8.34. The molecule has 4 aromatic heterocycles. The second-order valence-corrected chi connectivity index (χ2v) is 32.3. The number of ether oxygens (including phenoxy) is 7. The van der Waals surface area contributed by atoms with Gasteiger partial charge in [0.2, 0.25) is 11.9 Å². The number of benzene rings is 6. The third kappa shape index (κ3) is 20.1. The van der Waals surface area contributed by atoms with Crippen molar-refractivity contribution in [2.45, 2.75) is 141 Å². The molecule has 8 atom stereocenters. The summed E-state index contributed by atoms with van der Waals surface area (Å²) in [4.78, 5) is 94.8. The molecule has 6 heterocycles. The molecule has 10 aromatic rings. The highest BCUT2D eigenvalue weighted by Crippen LogP contribution is 2.53. The van der Waals surface area contributed by atoms with Crippen LogP contribution in [0.4, 0.5) is 27.0 Å². The van der Waals surface area contributed by atoms with Crippen LogP contribution < -0.4 is 31.0 Å². The molecule has 4 N–H and O–H groups in total. The average molecular weight is 1660 g/mol. The van der Waals surface area contributed by atoms with Crippen LogP contribution >= 0.6 is 28.9 Å². The van der Waals surface area contributed by atoms with Gasteiger partial charge >= 0.3 is 20.8 Å². The molecule has 0 bridgehead atoms. The Morgan fingerprint density at radius 3 is 1.85 bits per heavy atom. The lowest BCUT2D eigenvalue weighted by atomic mass is 9.80. The number of nitrogens with zero attached hydrogens (tertiary/aromatic N) is 9. The van der Waals surface area contributed by atoms with Crippen LogP contribution in [-0.2, 0) is 56.7 Å². The summed E-state index contributed by atoms with van der Waals surface area (Å²) in [6.45, 7) is 13.5. The molecule has 33 heteroatoms. The fraction of sp³-hybridized carbons (Fsp3) is 0.405. The highest BCUT2D eigenvalue weighted by Gasteiger charge is 2.47. The topological polar surface area (TPSA) is 329 Å². The van der Waals surface area contributed by atoms with Gasteiger partial charge in [0, 0.05) is 67.9 Å². The van der Waals surface area contributed by atoms with Gasteiger partial charge in [-0.05, 0) is 141 Å². The number of imidazole rings is 2. The number of aromatic nitrogens is 8. The van der Waals surface area contributed by atoms with Crippen molar-refractivity contribution in [2.24, 2.45) is 0 Å². The first kappa shape index (κ1) is 85.0. The van der Waals surface area contributed by atoms with Crippen molar-refractivity contribution >= 4 is 92.7 Å². The molecule has 2 fully saturated rings. The van der Waals surface area contributed by atoms with Gasteiger partial charge in [-0.1, -0.05) is 117 Å². The molecule has 30 nitrogen and oxygen atoms in total. The number of methoxy groups -OCH3 is 2. The van der Waals surface area contributed by atoms with Crippen molar-refractivity contribution < 1.29 is 75.0 Å². The minimum atomic E-state index is -2.29. The monoisotopic (exact) mass is 1660 g/mol. The molecule has 618 valence electrons. The molecule has 0 spiro atoms. The molecule has 0 radical (unpaired) electrons. The number of aromatic amines is 1. The van der Waals surface area contributed by atoms with Crippen molar-refractivity contribution in [1.82, 2.24) is 48.6 Å². The second-order valence-electron chi connectivity index (χ2n) is 28.8. The summed E-state index contributed by atoms with van der Waals surface area (Å²) in [5.74, 6) is 0.912. The van der Waals surface area contributed by atoms with Gasteiger partial charge in [-0.25, -0.2) is 34.2 Å². The van der Waals surface area contributed by atoms with E-state index in [1.807, 2.05) is 123 Å². The Kier molecular flexibility index (Phi) is 29.1. The third-order valence-electron chi connectivity index (χ3n) is 20.2. The smallest absolute Gasteiger partial charge is 0.411 e. The van der Waals surface area contributed by atoms with Crippen LogP contribution in [0.5, 0.6) is 11.5 Å². The zero-order chi connectivity index (χ0) is 82.1. The van der Waals surface area contributed by atoms with Gasteiger partial charge in [-0.3, -0.25) is 39.1 Å². The largest absolute Gasteiger partial charge is 0.497 e. The maximum absolute atomic E-state index is 14.1. The molecule has 1 aliphatic carbocycles. The van der Waals surface area contributed by atoms with E-state index in [-0.39, 0.29) is 106 Å². The predicted octanol–water partition coefficient (Wildman–Crippen LogP) is 15.5. The van der Waals surface area contributed by atoms with Crippen LogP contribution in [-0.4, -0.2) is 189 Å². The molecule has 0 saturated carbocycles. The van der Waals surface area contributed by atoms with Crippen molar-refractivity contribution in [3.05, 3.63) is 214 Å². The van der Waals surface area contributed by atoms with Gasteiger partial charge < -0.3 is 66.0 Å². The normalized spacial score (nSPS) is 17.8. The van der Waals surface area contributed by atoms with Crippen LogP contribution in [0.15, 0.2) is 175 Å². The van der Waals surface area contributed by atoms with E-state index in [0.29, 0.717) is 52.7 Å². The Labute approximate surface area is 685 Å². The van der Waals surface area contributed by atoms with Crippen molar-refractivity contribution in [2.75, 3.05) is 95.4 Å². The number of H-pyrrole nitrogens is 1. The number of nitrogens with one attached hydrogen (secondary N) is 4. The Morgan fingerprint density at radius 1 is 0.641 bits per heavy atom. The molecule has 4 unspecified atom stereocenters. The number of carbonyl (C=O) groups is 4. The number of anilines is 3. The van der Waals surface area contributed by atoms with E-state index in [4.69, 9.17) is 65.7 Å². The van der Waals surface area contributed by atoms with E-state index in [2.05, 4.69) is 92.5 Å². The van der Waals surface area contributed by atoms with E-state index in [9.17, 15) is 24.0 Å². The lowest BCUT2D eigenvalue weighted by molar-refractivity contribution is -0.116. The zero-order valence-corrected chi connectivity index (χ0v) is 69.6. The number of thioether (sulfide) groups is 1. The molecule has 2 saturated heterocycles. The SMILES string of the molecule is CCCOP(OC[C@H]1O[C@@H](n2cnc3c(NC(=O)c4ccc(NC(=O)OCCSC)cc4)ncnc32)CC1OP(OCCC)N(C(C)C)C(C)C)OC1C[C@H](n2cnc3c(=O)[nH]c(NC(=O)CCCN(C)C(=O)OCC4c5ccccc5-c5ccccc54)nc32)O[C@@H]1COC(c1ccccc1)(c1ccc(OC)cc1)c1ccc(OC)cc1. The lowest BCUT2D eigenvalue weighted by Gasteiger charge is -2.37. The molecule has 4 amide bonds. The third-order valence-corrected chi connectivity index (χ3v) is 24.1. The highest BCUT2D eigenvalue weighted by atomic mass is 32.2. The van der Waals surface area contributed by atoms with Crippen LogP contribution in [0.25, 0.3) is 33.5 Å². The molecular weight excluding hydrogens is 1560 g/mol. The number of hydrogen-bond donors (Lipinski definition) is 4. The van der Waals surface area contributed by atoms with Gasteiger partial charge in [0.05, 0.1) is 65.5 Å². The standard InChI is InChI=1S/C84H99N13O17P2S/c1-11-41-108-115(97(53(3)4)54(5)6)113-67-45-72(95-51-87-74-76(85-50-86-77(74)95)91-79(99)55-28-34-59(35-29-55)89-82(101)105-43-44-117-10)112-70(67)49-110-116(109-42-12-2)114-68-46-73(111-69(68)48-107-84(56-21-14-13-15-22-56,57-30-36-60(103-8)37-31-57)58-32-38-61(104-9)39-33-58)96-52-88-75-78(96)92-81(93-80(75)100)90-71(98)27-20-40-94(7)83(102)106-47-66-64-25-18-16-23-62(64)63-24-17-19-26-65(63)66/h13-19,21-26,28-39,50-54,66-70,72-73H,11-12,20,27,40-49H2,1-10H3,(H,89,101)(H,85,86,91,99)(H2,90,92,93,98,100)/t67?,68?,69-,70-,72-,73-,115?,116?/m1/s1. The summed E-state index contributed by atoms with van der Waals surface area (Å²) < 4.78 is 84.4. The fourth-order valence-electron chi connectivity index (χ4n) is 14.5. The van der Waals surface area contributed by atoms with E-state index >= 15 is 0 Å². The van der Waals surface area contributed by atoms with Crippen molar-refractivity contribution in [3.63, 3.8) is 0 Å². The van der Waals surface area contributed by atoms with E-state index in [1.165, 1.54) is 17.6 Å². The Balaban J connectivity index is 0.767. The summed E-state index contributed by atoms with van der Waals surface area (Å²) in [6, 6.07) is 47.9. The minimum absolute atomic E-state index is 0.0169. The van der Waals surface area contributed by atoms with Crippen LogP contribution in [0.2, 0.25) is 0 Å². The number of amides is 4. The summed E-state index contributed by atoms with van der Waals surface area (Å²) in [7, 11) is 0.868. The van der Waals surface area contributed by atoms with Gasteiger partial charge in [0.15, 0.2) is 28.1 Å². The lowest BCUT2D eigenvalue weighted by Crippen LogP contribution is -2.38.